The predicted octanol–water partition coefficient (Wildman–Crippen LogP) is 2.27. The van der Waals surface area contributed by atoms with Crippen molar-refractivity contribution in [3.63, 3.8) is 0 Å². The average molecular weight is 309 g/mol. The molecular weight excluding hydrogens is 286 g/mol. The van der Waals surface area contributed by atoms with Crippen molar-refractivity contribution < 1.29 is 5.11 Å². The Kier molecular flexibility index (Phi) is 6.74. The van der Waals surface area contributed by atoms with Crippen LogP contribution in [-0.2, 0) is 13.0 Å². The molecule has 0 bridgehead atoms. The fourth-order valence-corrected chi connectivity index (χ4v) is 2.25. The van der Waals surface area contributed by atoms with Crippen molar-refractivity contribution in [2.75, 3.05) is 13.7 Å². The molecule has 1 N–H and O–H groups in total. The number of aliphatic hydroxyl groups is 1. The summed E-state index contributed by atoms with van der Waals surface area (Å²) in [6.45, 7) is 3.19. The Morgan fingerprint density at radius 3 is 2.65 bits per heavy atom. The van der Waals surface area contributed by atoms with E-state index in [1.807, 2.05) is 18.3 Å². The molecule has 1 aromatic heterocycles. The molecule has 1 aromatic carbocycles. The van der Waals surface area contributed by atoms with Crippen LogP contribution in [-0.4, -0.2) is 39.7 Å². The summed E-state index contributed by atoms with van der Waals surface area (Å²) in [6, 6.07) is 8.65. The summed E-state index contributed by atoms with van der Waals surface area (Å²) in [4.78, 5) is 10.8. The summed E-state index contributed by atoms with van der Waals surface area (Å²) in [5.41, 5.74) is 3.25. The molecular formula is C19H23N3O. The Morgan fingerprint density at radius 2 is 2.00 bits per heavy atom. The number of rotatable bonds is 6. The molecule has 0 fully saturated rings. The summed E-state index contributed by atoms with van der Waals surface area (Å²) < 4.78 is 0. The number of likely N-dealkylation sites (N-methyl/N-ethyl adjacent to an activating group) is 1. The Balaban J connectivity index is 1.89. The van der Waals surface area contributed by atoms with E-state index in [2.05, 4.69) is 52.8 Å². The SMILES string of the molecule is C[C@@H](Cc1cnccn1)N(C)Cc1ccc(C#CCCO)cc1. The summed E-state index contributed by atoms with van der Waals surface area (Å²) in [5.74, 6) is 5.98. The third-order valence-electron chi connectivity index (χ3n) is 3.73. The topological polar surface area (TPSA) is 49.2 Å². The van der Waals surface area contributed by atoms with E-state index in [0.717, 1.165) is 24.2 Å². The first-order chi connectivity index (χ1) is 11.2. The van der Waals surface area contributed by atoms with Crippen LogP contribution in [0.5, 0.6) is 0 Å². The highest BCUT2D eigenvalue weighted by Gasteiger charge is 2.11. The molecule has 0 aliphatic carbocycles. The monoisotopic (exact) mass is 309 g/mol. The molecule has 120 valence electrons. The molecule has 0 radical (unpaired) electrons. The first-order valence-electron chi connectivity index (χ1n) is 7.83. The lowest BCUT2D eigenvalue weighted by Gasteiger charge is -2.24. The van der Waals surface area contributed by atoms with Gasteiger partial charge >= 0.3 is 0 Å². The first kappa shape index (κ1) is 17.1. The van der Waals surface area contributed by atoms with Crippen molar-refractivity contribution in [1.82, 2.24) is 14.9 Å². The number of aromatic nitrogens is 2. The Hall–Kier alpha value is -2.22. The zero-order valence-electron chi connectivity index (χ0n) is 13.7. The van der Waals surface area contributed by atoms with E-state index in [-0.39, 0.29) is 6.61 Å². The molecule has 0 spiro atoms. The quantitative estimate of drug-likeness (QED) is 0.832. The van der Waals surface area contributed by atoms with Gasteiger partial charge in [-0.25, -0.2) is 0 Å². The maximum atomic E-state index is 8.73. The Labute approximate surface area is 138 Å². The number of aliphatic hydroxyl groups excluding tert-OH is 1. The lowest BCUT2D eigenvalue weighted by atomic mass is 10.1. The minimum absolute atomic E-state index is 0.111. The third-order valence-corrected chi connectivity index (χ3v) is 3.73. The van der Waals surface area contributed by atoms with E-state index in [1.54, 1.807) is 12.4 Å². The molecule has 4 heteroatoms. The zero-order chi connectivity index (χ0) is 16.5. The highest BCUT2D eigenvalue weighted by molar-refractivity contribution is 5.36. The maximum absolute atomic E-state index is 8.73. The van der Waals surface area contributed by atoms with Crippen LogP contribution in [0.15, 0.2) is 42.9 Å². The van der Waals surface area contributed by atoms with Crippen molar-refractivity contribution >= 4 is 0 Å². The highest BCUT2D eigenvalue weighted by Crippen LogP contribution is 2.10. The van der Waals surface area contributed by atoms with Gasteiger partial charge in [0.25, 0.3) is 0 Å². The van der Waals surface area contributed by atoms with Gasteiger partial charge in [0.2, 0.25) is 0 Å². The molecule has 0 aliphatic rings. The number of benzene rings is 1. The van der Waals surface area contributed by atoms with Crippen LogP contribution >= 0.6 is 0 Å². The van der Waals surface area contributed by atoms with Gasteiger partial charge < -0.3 is 5.11 Å². The maximum Gasteiger partial charge on any atom is 0.0602 e. The van der Waals surface area contributed by atoms with Gasteiger partial charge in [-0.3, -0.25) is 14.9 Å². The standard InChI is InChI=1S/C19H23N3O/c1-16(13-19-14-20-10-11-21-19)22(2)15-18-8-6-17(7-9-18)5-3-4-12-23/h6-11,14,16,23H,4,12-13,15H2,1-2H3/t16-/m0/s1. The lowest BCUT2D eigenvalue weighted by Crippen LogP contribution is -2.30. The number of hydrogen-bond donors (Lipinski definition) is 1. The van der Waals surface area contributed by atoms with Gasteiger partial charge in [-0.2, -0.15) is 0 Å². The van der Waals surface area contributed by atoms with E-state index >= 15 is 0 Å². The largest absolute Gasteiger partial charge is 0.395 e. The smallest absolute Gasteiger partial charge is 0.0602 e. The van der Waals surface area contributed by atoms with Crippen LogP contribution < -0.4 is 0 Å². The minimum atomic E-state index is 0.111. The molecule has 1 atom stereocenters. The summed E-state index contributed by atoms with van der Waals surface area (Å²) in [5, 5.41) is 8.73. The van der Waals surface area contributed by atoms with Gasteiger partial charge in [0.15, 0.2) is 0 Å². The van der Waals surface area contributed by atoms with Gasteiger partial charge in [-0.05, 0) is 31.7 Å². The first-order valence-corrected chi connectivity index (χ1v) is 7.83. The second kappa shape index (κ2) is 9.04. The van der Waals surface area contributed by atoms with Crippen molar-refractivity contribution in [3.8, 4) is 11.8 Å². The van der Waals surface area contributed by atoms with Gasteiger partial charge in [-0.1, -0.05) is 24.0 Å². The number of nitrogens with zero attached hydrogens (tertiary/aromatic N) is 3. The van der Waals surface area contributed by atoms with Gasteiger partial charge in [-0.15, -0.1) is 0 Å². The van der Waals surface area contributed by atoms with Crippen molar-refractivity contribution in [1.29, 1.82) is 0 Å². The zero-order valence-corrected chi connectivity index (χ0v) is 13.7. The van der Waals surface area contributed by atoms with Gasteiger partial charge in [0.05, 0.1) is 12.3 Å². The van der Waals surface area contributed by atoms with Gasteiger partial charge in [0, 0.05) is 49.6 Å². The van der Waals surface area contributed by atoms with Gasteiger partial charge in [0.1, 0.15) is 0 Å². The van der Waals surface area contributed by atoms with E-state index in [0.29, 0.717) is 12.5 Å². The molecule has 2 rings (SSSR count). The third kappa shape index (κ3) is 5.82. The molecule has 0 amide bonds. The summed E-state index contributed by atoms with van der Waals surface area (Å²) >= 11 is 0. The molecule has 0 unspecified atom stereocenters. The van der Waals surface area contributed by atoms with E-state index in [9.17, 15) is 0 Å². The predicted molar refractivity (Wildman–Crippen MR) is 91.7 cm³/mol. The number of hydrogen-bond acceptors (Lipinski definition) is 4. The average Bonchev–Trinajstić information content (AvgIpc) is 2.57. The molecule has 0 saturated carbocycles. The van der Waals surface area contributed by atoms with Crippen molar-refractivity contribution in [3.05, 3.63) is 59.7 Å². The molecule has 0 saturated heterocycles. The molecule has 0 aliphatic heterocycles. The van der Waals surface area contributed by atoms with E-state index in [1.165, 1.54) is 5.56 Å². The fourth-order valence-electron chi connectivity index (χ4n) is 2.25. The van der Waals surface area contributed by atoms with Crippen LogP contribution in [0, 0.1) is 11.8 Å². The lowest BCUT2D eigenvalue weighted by molar-refractivity contribution is 0.246. The summed E-state index contributed by atoms with van der Waals surface area (Å²) in [7, 11) is 2.12. The second-order valence-electron chi connectivity index (χ2n) is 5.64. The highest BCUT2D eigenvalue weighted by atomic mass is 16.2. The normalized spacial score (nSPS) is 11.8. The minimum Gasteiger partial charge on any atom is -0.395 e. The fraction of sp³-hybridized carbons (Fsp3) is 0.368. The molecule has 4 nitrogen and oxygen atoms in total. The van der Waals surface area contributed by atoms with E-state index < -0.39 is 0 Å². The van der Waals surface area contributed by atoms with Crippen LogP contribution in [0.4, 0.5) is 0 Å². The van der Waals surface area contributed by atoms with Crippen LogP contribution in [0.25, 0.3) is 0 Å². The molecule has 23 heavy (non-hydrogen) atoms. The Morgan fingerprint density at radius 1 is 1.22 bits per heavy atom. The van der Waals surface area contributed by atoms with E-state index in [4.69, 9.17) is 5.11 Å². The second-order valence-corrected chi connectivity index (χ2v) is 5.64. The molecule has 1 heterocycles. The Bertz CT molecular complexity index is 644. The van der Waals surface area contributed by atoms with Crippen molar-refractivity contribution in [2.24, 2.45) is 0 Å². The summed E-state index contributed by atoms with van der Waals surface area (Å²) in [6.07, 6.45) is 6.66. The van der Waals surface area contributed by atoms with Crippen LogP contribution in [0.3, 0.4) is 0 Å². The van der Waals surface area contributed by atoms with Crippen molar-refractivity contribution in [2.45, 2.75) is 32.4 Å². The van der Waals surface area contributed by atoms with Crippen LogP contribution in [0.1, 0.15) is 30.2 Å². The van der Waals surface area contributed by atoms with Crippen LogP contribution in [0.2, 0.25) is 0 Å². The molecule has 2 aromatic rings.